The monoisotopic (exact) mass is 260 g/mol. The van der Waals surface area contributed by atoms with Crippen LogP contribution in [0.4, 0.5) is 0 Å². The molecule has 7 nitrogen and oxygen atoms in total. The van der Waals surface area contributed by atoms with Crippen molar-refractivity contribution in [2.45, 2.75) is 0 Å². The molecule has 19 heavy (non-hydrogen) atoms. The van der Waals surface area contributed by atoms with Gasteiger partial charge in [0.2, 0.25) is 0 Å². The van der Waals surface area contributed by atoms with Gasteiger partial charge in [-0.15, -0.1) is 0 Å². The molecule has 0 bridgehead atoms. The highest BCUT2D eigenvalue weighted by molar-refractivity contribution is 5.87. The number of hydrogen-bond donors (Lipinski definition) is 1. The summed E-state index contributed by atoms with van der Waals surface area (Å²) in [6.45, 7) is 0. The highest BCUT2D eigenvalue weighted by atomic mass is 16.5. The van der Waals surface area contributed by atoms with E-state index >= 15 is 0 Å². The molecule has 0 fully saturated rings. The Bertz CT molecular complexity index is 839. The Morgan fingerprint density at radius 2 is 2.16 bits per heavy atom. The van der Waals surface area contributed by atoms with Crippen molar-refractivity contribution in [2.75, 3.05) is 0 Å². The molecule has 96 valence electrons. The number of carboxylic acids is 1. The van der Waals surface area contributed by atoms with Gasteiger partial charge in [0, 0.05) is 18.7 Å². The van der Waals surface area contributed by atoms with Crippen LogP contribution in [0.1, 0.15) is 10.5 Å². The first-order valence-electron chi connectivity index (χ1n) is 5.36. The molecule has 0 unspecified atom stereocenters. The SMILES string of the molecule is Cn1c(=O)oc2cc(-c3cc(C(=O)O)no3)ccc21. The molecule has 0 radical (unpaired) electrons. The van der Waals surface area contributed by atoms with Gasteiger partial charge in [0.1, 0.15) is 0 Å². The van der Waals surface area contributed by atoms with Gasteiger partial charge in [0.15, 0.2) is 17.0 Å². The number of carbonyl (C=O) groups is 1. The van der Waals surface area contributed by atoms with E-state index in [1.807, 2.05) is 0 Å². The maximum Gasteiger partial charge on any atom is 0.419 e. The standard InChI is InChI=1S/C12H8N2O5/c1-14-8-3-2-6(4-10(8)18-12(14)17)9-5-7(11(15)16)13-19-9/h2-5H,1H3,(H,15,16). The molecule has 0 aliphatic carbocycles. The summed E-state index contributed by atoms with van der Waals surface area (Å²) in [6, 6.07) is 6.30. The summed E-state index contributed by atoms with van der Waals surface area (Å²) in [6.07, 6.45) is 0. The third kappa shape index (κ3) is 1.71. The second-order valence-corrected chi connectivity index (χ2v) is 3.99. The summed E-state index contributed by atoms with van der Waals surface area (Å²) in [5.41, 5.74) is 1.46. The lowest BCUT2D eigenvalue weighted by molar-refractivity contribution is 0.0686. The van der Waals surface area contributed by atoms with Crippen molar-refractivity contribution in [3.05, 3.63) is 40.5 Å². The van der Waals surface area contributed by atoms with Crippen molar-refractivity contribution < 1.29 is 18.8 Å². The zero-order valence-electron chi connectivity index (χ0n) is 9.78. The fourth-order valence-electron chi connectivity index (χ4n) is 1.80. The van der Waals surface area contributed by atoms with Gasteiger partial charge in [-0.25, -0.2) is 9.59 Å². The summed E-state index contributed by atoms with van der Waals surface area (Å²) < 4.78 is 11.4. The first-order valence-corrected chi connectivity index (χ1v) is 5.36. The minimum absolute atomic E-state index is 0.176. The summed E-state index contributed by atoms with van der Waals surface area (Å²) >= 11 is 0. The van der Waals surface area contributed by atoms with E-state index in [1.54, 1.807) is 25.2 Å². The van der Waals surface area contributed by atoms with E-state index in [0.29, 0.717) is 22.4 Å². The first kappa shape index (κ1) is 11.3. The molecule has 2 heterocycles. The van der Waals surface area contributed by atoms with E-state index in [-0.39, 0.29) is 5.69 Å². The van der Waals surface area contributed by atoms with Gasteiger partial charge >= 0.3 is 11.7 Å². The number of benzene rings is 1. The Balaban J connectivity index is 2.14. The Kier molecular flexibility index (Phi) is 2.28. The van der Waals surface area contributed by atoms with Crippen LogP contribution in [0.15, 0.2) is 38.0 Å². The molecule has 0 saturated carbocycles. The molecular formula is C12H8N2O5. The number of aromatic nitrogens is 2. The van der Waals surface area contributed by atoms with Crippen molar-refractivity contribution in [3.8, 4) is 11.3 Å². The largest absolute Gasteiger partial charge is 0.476 e. The fraction of sp³-hybridized carbons (Fsp3) is 0.0833. The topological polar surface area (TPSA) is 98.5 Å². The van der Waals surface area contributed by atoms with Crippen LogP contribution in [-0.2, 0) is 7.05 Å². The maximum atomic E-state index is 11.4. The minimum Gasteiger partial charge on any atom is -0.476 e. The lowest BCUT2D eigenvalue weighted by Crippen LogP contribution is -2.08. The van der Waals surface area contributed by atoms with Crippen molar-refractivity contribution in [1.29, 1.82) is 0 Å². The predicted octanol–water partition coefficient (Wildman–Crippen LogP) is 1.48. The van der Waals surface area contributed by atoms with Crippen LogP contribution in [0, 0.1) is 0 Å². The highest BCUT2D eigenvalue weighted by Crippen LogP contribution is 2.24. The Hall–Kier alpha value is -2.83. The van der Waals surface area contributed by atoms with Crippen molar-refractivity contribution in [3.63, 3.8) is 0 Å². The molecule has 0 spiro atoms. The molecule has 7 heteroatoms. The van der Waals surface area contributed by atoms with Crippen LogP contribution < -0.4 is 5.76 Å². The zero-order chi connectivity index (χ0) is 13.6. The molecule has 3 aromatic rings. The normalized spacial score (nSPS) is 11.0. The van der Waals surface area contributed by atoms with Gasteiger partial charge in [-0.2, -0.15) is 0 Å². The summed E-state index contributed by atoms with van der Waals surface area (Å²) in [4.78, 5) is 22.1. The lowest BCUT2D eigenvalue weighted by atomic mass is 10.1. The summed E-state index contributed by atoms with van der Waals surface area (Å²) in [5, 5.41) is 12.2. The average molecular weight is 260 g/mol. The number of fused-ring (bicyclic) bond motifs is 1. The van der Waals surface area contributed by atoms with E-state index in [1.165, 1.54) is 10.6 Å². The maximum absolute atomic E-state index is 11.4. The summed E-state index contributed by atoms with van der Waals surface area (Å²) in [5.74, 6) is -1.33. The van der Waals surface area contributed by atoms with E-state index in [0.717, 1.165) is 0 Å². The lowest BCUT2D eigenvalue weighted by Gasteiger charge is -1.95. The molecule has 2 aromatic heterocycles. The second kappa shape index (κ2) is 3.84. The molecule has 3 rings (SSSR count). The molecular weight excluding hydrogens is 252 g/mol. The Morgan fingerprint density at radius 3 is 2.84 bits per heavy atom. The van der Waals surface area contributed by atoms with Gasteiger partial charge in [-0.3, -0.25) is 4.57 Å². The number of aromatic carboxylic acids is 1. The fourth-order valence-corrected chi connectivity index (χ4v) is 1.80. The molecule has 0 aliphatic rings. The number of carboxylic acid groups (broad SMARTS) is 1. The van der Waals surface area contributed by atoms with Crippen LogP contribution in [0.2, 0.25) is 0 Å². The van der Waals surface area contributed by atoms with Crippen LogP contribution in [-0.4, -0.2) is 20.8 Å². The number of nitrogens with zero attached hydrogens (tertiary/aromatic N) is 2. The smallest absolute Gasteiger partial charge is 0.419 e. The Labute approximate surface area is 105 Å². The Morgan fingerprint density at radius 1 is 1.37 bits per heavy atom. The molecule has 0 amide bonds. The second-order valence-electron chi connectivity index (χ2n) is 3.99. The summed E-state index contributed by atoms with van der Waals surface area (Å²) in [7, 11) is 1.60. The van der Waals surface area contributed by atoms with Crippen molar-refractivity contribution in [2.24, 2.45) is 7.05 Å². The highest BCUT2D eigenvalue weighted by Gasteiger charge is 2.14. The van der Waals surface area contributed by atoms with E-state index in [9.17, 15) is 9.59 Å². The quantitative estimate of drug-likeness (QED) is 0.749. The average Bonchev–Trinajstić information content (AvgIpc) is 2.96. The number of oxazole rings is 1. The van der Waals surface area contributed by atoms with E-state index in [2.05, 4.69) is 5.16 Å². The van der Waals surface area contributed by atoms with Crippen molar-refractivity contribution >= 4 is 17.1 Å². The van der Waals surface area contributed by atoms with Gasteiger partial charge in [-0.05, 0) is 18.2 Å². The van der Waals surface area contributed by atoms with Crippen LogP contribution >= 0.6 is 0 Å². The number of hydrogen-bond acceptors (Lipinski definition) is 5. The van der Waals surface area contributed by atoms with Crippen LogP contribution in [0.5, 0.6) is 0 Å². The minimum atomic E-state index is -1.16. The van der Waals surface area contributed by atoms with E-state index in [4.69, 9.17) is 14.0 Å². The zero-order valence-corrected chi connectivity index (χ0v) is 9.78. The predicted molar refractivity (Wildman–Crippen MR) is 63.9 cm³/mol. The van der Waals surface area contributed by atoms with Crippen molar-refractivity contribution in [1.82, 2.24) is 9.72 Å². The third-order valence-electron chi connectivity index (χ3n) is 2.81. The first-order chi connectivity index (χ1) is 9.06. The molecule has 0 aliphatic heterocycles. The van der Waals surface area contributed by atoms with Gasteiger partial charge in [-0.1, -0.05) is 5.16 Å². The van der Waals surface area contributed by atoms with E-state index < -0.39 is 11.7 Å². The molecule has 1 N–H and O–H groups in total. The molecule has 0 saturated heterocycles. The third-order valence-corrected chi connectivity index (χ3v) is 2.81. The van der Waals surface area contributed by atoms with Crippen LogP contribution in [0.25, 0.3) is 22.4 Å². The molecule has 0 atom stereocenters. The number of rotatable bonds is 2. The van der Waals surface area contributed by atoms with Crippen LogP contribution in [0.3, 0.4) is 0 Å². The van der Waals surface area contributed by atoms with Gasteiger partial charge < -0.3 is 14.0 Å². The van der Waals surface area contributed by atoms with Gasteiger partial charge in [0.25, 0.3) is 0 Å². The van der Waals surface area contributed by atoms with Gasteiger partial charge in [0.05, 0.1) is 5.52 Å². The number of aryl methyl sites for hydroxylation is 1. The molecule has 1 aromatic carbocycles.